The molecule has 0 spiro atoms. The van der Waals surface area contributed by atoms with Gasteiger partial charge in [-0.25, -0.2) is 23.3 Å². The van der Waals surface area contributed by atoms with Crippen molar-refractivity contribution in [3.05, 3.63) is 22.7 Å². The Morgan fingerprint density at radius 3 is 2.63 bits per heavy atom. The summed E-state index contributed by atoms with van der Waals surface area (Å²) in [7, 11) is -14.0. The quantitative estimate of drug-likeness (QED) is 0.0305. The van der Waals surface area contributed by atoms with Gasteiger partial charge in [-0.15, -0.1) is 0 Å². The zero-order chi connectivity index (χ0) is 37.6. The first kappa shape index (κ1) is 42.5. The first-order valence-electron chi connectivity index (χ1n) is 15.4. The maximum Gasteiger partial charge on any atom is 0.490 e. The van der Waals surface area contributed by atoms with Crippen LogP contribution in [0.25, 0.3) is 0 Å². The van der Waals surface area contributed by atoms with Gasteiger partial charge in [0, 0.05) is 41.3 Å². The lowest BCUT2D eigenvalue weighted by atomic mass is 10.0. The average molecular weight is 843 g/mol. The van der Waals surface area contributed by atoms with Crippen LogP contribution in [0.5, 0.6) is 0 Å². The lowest BCUT2D eigenvalue weighted by molar-refractivity contribution is -0.121. The summed E-state index contributed by atoms with van der Waals surface area (Å²) in [4.78, 5) is 76.9. The molecule has 3 amide bonds. The molecule has 8 atom stereocenters. The molecule has 21 nitrogen and oxygen atoms in total. The largest absolute Gasteiger partial charge is 0.490 e. The number of rotatable bonds is 20. The molecule has 0 radical (unpaired) electrons. The number of anilines is 1. The Kier molecular flexibility index (Phi) is 15.0. The van der Waals surface area contributed by atoms with Crippen LogP contribution in [-0.2, 0) is 41.1 Å². The Balaban J connectivity index is 1.21. The van der Waals surface area contributed by atoms with Crippen molar-refractivity contribution in [3.8, 4) is 0 Å². The van der Waals surface area contributed by atoms with Gasteiger partial charge in [0.25, 0.3) is 0 Å². The molecular formula is C24H41N6O15P3S3. The third-order valence-electron chi connectivity index (χ3n) is 7.57. The van der Waals surface area contributed by atoms with Crippen LogP contribution >= 0.6 is 56.8 Å². The Hall–Kier alpha value is -1.20. The van der Waals surface area contributed by atoms with Crippen molar-refractivity contribution in [2.24, 2.45) is 0 Å². The van der Waals surface area contributed by atoms with Gasteiger partial charge in [0.1, 0.15) is 24.1 Å². The summed E-state index contributed by atoms with van der Waals surface area (Å²) >= 11 is 1.84. The second-order valence-corrected chi connectivity index (χ2v) is 20.9. The number of amides is 3. The molecule has 4 heterocycles. The molecule has 9 N–H and O–H groups in total. The van der Waals surface area contributed by atoms with E-state index in [4.69, 9.17) is 29.5 Å². The van der Waals surface area contributed by atoms with Crippen molar-refractivity contribution >= 4 is 74.6 Å². The van der Waals surface area contributed by atoms with Crippen molar-refractivity contribution in [1.82, 2.24) is 25.5 Å². The summed E-state index contributed by atoms with van der Waals surface area (Å²) in [6.07, 6.45) is 1.26. The number of urea groups is 1. The average Bonchev–Trinajstić information content (AvgIpc) is 3.68. The van der Waals surface area contributed by atoms with Gasteiger partial charge in [-0.05, 0) is 32.8 Å². The number of nitrogens with one attached hydrogen (secondary N) is 3. The molecule has 4 rings (SSSR count). The normalized spacial score (nSPS) is 27.3. The highest BCUT2D eigenvalue weighted by Crippen LogP contribution is 2.66. The van der Waals surface area contributed by atoms with E-state index in [1.54, 1.807) is 0 Å². The van der Waals surface area contributed by atoms with Crippen molar-refractivity contribution in [2.75, 3.05) is 30.6 Å². The highest BCUT2D eigenvalue weighted by molar-refractivity contribution is 8.77. The summed E-state index contributed by atoms with van der Waals surface area (Å²) in [5, 5.41) is 9.18. The van der Waals surface area contributed by atoms with Gasteiger partial charge in [-0.1, -0.05) is 28.0 Å². The molecule has 0 saturated carbocycles. The fourth-order valence-corrected chi connectivity index (χ4v) is 12.1. The zero-order valence-electron chi connectivity index (χ0n) is 27.3. The Bertz CT molecular complexity index is 1600. The van der Waals surface area contributed by atoms with Crippen LogP contribution in [0.4, 0.5) is 10.6 Å². The number of ether oxygens (including phenoxy) is 2. The monoisotopic (exact) mass is 842 g/mol. The molecule has 1 aromatic heterocycles. The smallest absolute Gasteiger partial charge is 0.383 e. The van der Waals surface area contributed by atoms with Gasteiger partial charge >= 0.3 is 35.2 Å². The molecule has 3 aliphatic rings. The van der Waals surface area contributed by atoms with E-state index in [9.17, 15) is 37.9 Å². The standard InChI is InChI=1S/C24H41N6O15P3S3/c1-24(2,12-26-19(31)6-4-3-5-17-21-14(11-49-17)27-22(32)29-21)51-50-13-41-15-9-20(30-8-7-18(25)28-23(30)33)43-16(15)10-42-47(37,38)45-48(39,40)44-46(34,35)36/h7-8,14-17,20-21H,3-6,9-13H2,1-2H3,(H,26,31)(H,37,38)(H,39,40)(H2,25,28,33)(H2,27,29,32)(H2,34,35,36)/t14?,15-,16?,17?,20-,21?/m1/s1. The summed E-state index contributed by atoms with van der Waals surface area (Å²) in [6, 6.07) is 1.53. The minimum absolute atomic E-state index is 0.0331. The summed E-state index contributed by atoms with van der Waals surface area (Å²) in [5.41, 5.74) is 4.81. The number of phosphoric acid groups is 3. The van der Waals surface area contributed by atoms with Crippen LogP contribution in [0.3, 0.4) is 0 Å². The number of phosphoric ester groups is 1. The highest BCUT2D eigenvalue weighted by atomic mass is 33.1. The molecular weight excluding hydrogens is 801 g/mol. The van der Waals surface area contributed by atoms with Crippen LogP contribution in [0.1, 0.15) is 52.2 Å². The summed E-state index contributed by atoms with van der Waals surface area (Å²) in [6.45, 7) is 3.45. The van der Waals surface area contributed by atoms with E-state index >= 15 is 0 Å². The number of unbranched alkanes of at least 4 members (excludes halogenated alkanes) is 1. The first-order chi connectivity index (χ1) is 23.7. The second-order valence-electron chi connectivity index (χ2n) is 12.2. The fraction of sp³-hybridized carbons (Fsp3) is 0.750. The third kappa shape index (κ3) is 13.9. The summed E-state index contributed by atoms with van der Waals surface area (Å²) in [5.74, 6) is 0.838. The Morgan fingerprint density at radius 2 is 1.92 bits per heavy atom. The number of nitrogens with zero attached hydrogens (tertiary/aromatic N) is 2. The lowest BCUT2D eigenvalue weighted by Crippen LogP contribution is -2.37. The maximum atomic E-state index is 12.5. The lowest BCUT2D eigenvalue weighted by Gasteiger charge is -2.24. The van der Waals surface area contributed by atoms with Gasteiger partial charge in [-0.3, -0.25) is 13.9 Å². The van der Waals surface area contributed by atoms with Crippen molar-refractivity contribution in [2.45, 2.75) is 86.5 Å². The number of thioether (sulfide) groups is 1. The molecule has 3 saturated heterocycles. The Morgan fingerprint density at radius 1 is 1.18 bits per heavy atom. The highest BCUT2D eigenvalue weighted by Gasteiger charge is 2.44. The molecule has 290 valence electrons. The van der Waals surface area contributed by atoms with E-state index in [1.165, 1.54) is 33.9 Å². The number of nitrogen functional groups attached to an aromatic ring is 1. The minimum Gasteiger partial charge on any atom is -0.383 e. The molecule has 27 heteroatoms. The fourth-order valence-electron chi connectivity index (χ4n) is 5.31. The van der Waals surface area contributed by atoms with Crippen LogP contribution < -0.4 is 27.4 Å². The molecule has 51 heavy (non-hydrogen) atoms. The van der Waals surface area contributed by atoms with Gasteiger partial charge < -0.3 is 50.7 Å². The number of aromatic nitrogens is 2. The summed E-state index contributed by atoms with van der Waals surface area (Å²) < 4.78 is 59.6. The minimum atomic E-state index is -5.74. The maximum absolute atomic E-state index is 12.5. The number of carbonyl (C=O) groups excluding carboxylic acids is 2. The molecule has 6 unspecified atom stereocenters. The SMILES string of the molecule is CC(C)(CNC(=O)CCCCC1SCC2NC(=O)NC21)SSCO[C@@H]1C[C@H](n2ccc(N)nc2=O)OC1COP(=O)(O)OP(=O)(O)OP(=O)(O)O. The van der Waals surface area contributed by atoms with Crippen molar-refractivity contribution in [3.63, 3.8) is 0 Å². The van der Waals surface area contributed by atoms with Crippen molar-refractivity contribution in [1.29, 1.82) is 0 Å². The number of hydrogen-bond donors (Lipinski definition) is 8. The topological polar surface area (TPSA) is 309 Å². The van der Waals surface area contributed by atoms with Crippen LogP contribution in [-0.4, -0.2) is 100 Å². The van der Waals surface area contributed by atoms with E-state index in [0.717, 1.165) is 29.6 Å². The van der Waals surface area contributed by atoms with Crippen LogP contribution in [0.2, 0.25) is 0 Å². The van der Waals surface area contributed by atoms with Crippen LogP contribution in [0.15, 0.2) is 17.1 Å². The van der Waals surface area contributed by atoms with E-state index < -0.39 is 58.9 Å². The zero-order valence-corrected chi connectivity index (χ0v) is 32.4. The second kappa shape index (κ2) is 18.0. The van der Waals surface area contributed by atoms with E-state index in [0.29, 0.717) is 18.2 Å². The predicted octanol–water partition coefficient (Wildman–Crippen LogP) is 1.80. The number of carbonyl (C=O) groups is 2. The van der Waals surface area contributed by atoms with E-state index in [2.05, 4.69) is 29.6 Å². The number of hydrogen-bond acceptors (Lipinski definition) is 16. The first-order valence-corrected chi connectivity index (χ1v) is 23.3. The number of fused-ring (bicyclic) bond motifs is 1. The van der Waals surface area contributed by atoms with Gasteiger partial charge in [0.05, 0.1) is 24.8 Å². The van der Waals surface area contributed by atoms with Gasteiger partial charge in [-0.2, -0.15) is 25.4 Å². The van der Waals surface area contributed by atoms with Gasteiger partial charge in [0.2, 0.25) is 5.91 Å². The van der Waals surface area contributed by atoms with Gasteiger partial charge in [0.15, 0.2) is 0 Å². The molecule has 0 aromatic carbocycles. The molecule has 0 aliphatic carbocycles. The van der Waals surface area contributed by atoms with Crippen molar-refractivity contribution < 1.29 is 65.5 Å². The van der Waals surface area contributed by atoms with E-state index in [1.807, 2.05) is 25.6 Å². The third-order valence-corrected chi connectivity index (χ3v) is 15.8. The predicted molar refractivity (Wildman–Crippen MR) is 187 cm³/mol. The molecule has 0 bridgehead atoms. The van der Waals surface area contributed by atoms with E-state index in [-0.39, 0.29) is 42.2 Å². The molecule has 1 aromatic rings. The molecule has 3 fully saturated rings. The number of nitrogens with two attached hydrogens (primary N) is 1. The molecule has 3 aliphatic heterocycles. The van der Waals surface area contributed by atoms with Crippen LogP contribution in [0, 0.1) is 0 Å². The Labute approximate surface area is 304 Å².